The van der Waals surface area contributed by atoms with E-state index in [9.17, 15) is 13.2 Å². The fourth-order valence-corrected chi connectivity index (χ4v) is 4.50. The Morgan fingerprint density at radius 1 is 1.14 bits per heavy atom. The molecule has 0 spiro atoms. The number of sulfonamides is 1. The van der Waals surface area contributed by atoms with Crippen molar-refractivity contribution in [3.8, 4) is 0 Å². The summed E-state index contributed by atoms with van der Waals surface area (Å²) in [5, 5.41) is 1.75. The predicted octanol–water partition coefficient (Wildman–Crippen LogP) is 3.52. The van der Waals surface area contributed by atoms with E-state index < -0.39 is 22.0 Å². The number of carbonyl (C=O) groups is 1. The lowest BCUT2D eigenvalue weighted by Crippen LogP contribution is -2.44. The van der Waals surface area contributed by atoms with Crippen molar-refractivity contribution in [1.82, 2.24) is 4.72 Å². The summed E-state index contributed by atoms with van der Waals surface area (Å²) >= 11 is 0. The molecule has 2 aromatic carbocycles. The molecule has 0 aliphatic heterocycles. The summed E-state index contributed by atoms with van der Waals surface area (Å²) in [5.41, 5.74) is 2.18. The van der Waals surface area contributed by atoms with Gasteiger partial charge < -0.3 is 14.1 Å². The lowest BCUT2D eigenvalue weighted by molar-refractivity contribution is -0.143. The van der Waals surface area contributed by atoms with Gasteiger partial charge in [-0.2, -0.15) is 4.72 Å². The molecular weight excluding hydrogens is 392 g/mol. The topological polar surface area (TPSA) is 88.9 Å². The highest BCUT2D eigenvalue weighted by atomic mass is 32.2. The number of carbonyl (C=O) groups excluding carboxylic acids is 1. The molecule has 0 saturated heterocycles. The number of anilines is 1. The van der Waals surface area contributed by atoms with E-state index in [-0.39, 0.29) is 10.8 Å². The monoisotopic (exact) mass is 418 g/mol. The van der Waals surface area contributed by atoms with E-state index in [1.807, 2.05) is 25.2 Å². The van der Waals surface area contributed by atoms with Crippen LogP contribution in [0.4, 0.5) is 5.69 Å². The highest BCUT2D eigenvalue weighted by Crippen LogP contribution is 2.32. The zero-order valence-electron chi connectivity index (χ0n) is 17.2. The van der Waals surface area contributed by atoms with E-state index in [1.165, 1.54) is 19.2 Å². The second-order valence-corrected chi connectivity index (χ2v) is 9.03. The van der Waals surface area contributed by atoms with Crippen molar-refractivity contribution >= 4 is 43.6 Å². The van der Waals surface area contributed by atoms with Crippen molar-refractivity contribution in [3.63, 3.8) is 0 Å². The van der Waals surface area contributed by atoms with Gasteiger partial charge in [-0.25, -0.2) is 8.42 Å². The van der Waals surface area contributed by atoms with Crippen LogP contribution in [0.2, 0.25) is 0 Å². The molecule has 8 heteroatoms. The molecule has 29 heavy (non-hydrogen) atoms. The lowest BCUT2D eigenvalue weighted by Gasteiger charge is -2.19. The number of ether oxygens (including phenoxy) is 1. The average molecular weight is 419 g/mol. The van der Waals surface area contributed by atoms with Crippen LogP contribution in [-0.2, 0) is 19.6 Å². The van der Waals surface area contributed by atoms with Crippen LogP contribution in [0, 0.1) is 5.92 Å². The number of rotatable bonds is 7. The fourth-order valence-electron chi connectivity index (χ4n) is 3.15. The first-order valence-corrected chi connectivity index (χ1v) is 10.9. The predicted molar refractivity (Wildman–Crippen MR) is 114 cm³/mol. The Morgan fingerprint density at radius 3 is 2.34 bits per heavy atom. The van der Waals surface area contributed by atoms with Crippen molar-refractivity contribution in [2.75, 3.05) is 25.6 Å². The number of esters is 1. The maximum absolute atomic E-state index is 12.8. The number of nitrogens with one attached hydrogen (secondary N) is 1. The summed E-state index contributed by atoms with van der Waals surface area (Å²) in [6.07, 6.45) is 0. The van der Waals surface area contributed by atoms with Crippen LogP contribution in [0.3, 0.4) is 0 Å². The summed E-state index contributed by atoms with van der Waals surface area (Å²) in [6, 6.07) is 9.68. The van der Waals surface area contributed by atoms with E-state index in [4.69, 9.17) is 9.15 Å². The molecule has 0 amide bonds. The van der Waals surface area contributed by atoms with Crippen molar-refractivity contribution < 1.29 is 22.4 Å². The number of hydrogen-bond donors (Lipinski definition) is 1. The van der Waals surface area contributed by atoms with E-state index in [2.05, 4.69) is 16.5 Å². The second kappa shape index (κ2) is 8.04. The molecule has 1 aromatic heterocycles. The minimum atomic E-state index is -3.93. The molecule has 0 unspecified atom stereocenters. The van der Waals surface area contributed by atoms with Gasteiger partial charge >= 0.3 is 5.97 Å². The van der Waals surface area contributed by atoms with Crippen LogP contribution in [0.15, 0.2) is 45.7 Å². The summed E-state index contributed by atoms with van der Waals surface area (Å²) in [7, 11) is -0.708. The molecule has 7 nitrogen and oxygen atoms in total. The van der Waals surface area contributed by atoms with Crippen LogP contribution < -0.4 is 9.62 Å². The smallest absolute Gasteiger partial charge is 0.324 e. The molecule has 1 N–H and O–H groups in total. The summed E-state index contributed by atoms with van der Waals surface area (Å²) in [5.74, 6) is -0.887. The Bertz CT molecular complexity index is 1150. The van der Waals surface area contributed by atoms with Gasteiger partial charge in [0.1, 0.15) is 17.2 Å². The Labute approximate surface area is 170 Å². The number of hydrogen-bond acceptors (Lipinski definition) is 6. The summed E-state index contributed by atoms with van der Waals surface area (Å²) in [6.45, 7) is 6.41. The van der Waals surface area contributed by atoms with Gasteiger partial charge in [0.2, 0.25) is 10.0 Å². The van der Waals surface area contributed by atoms with Crippen LogP contribution in [0.1, 0.15) is 20.8 Å². The quantitative estimate of drug-likeness (QED) is 0.591. The number of furan rings is 1. The standard InChI is InChI=1S/C21H26N2O5S/c1-6-23(4)14-7-9-16-17-10-8-15(12-19(17)28-18(16)11-14)29(25,26)22-20(13(2)3)21(24)27-5/h7-13,20,22H,6H2,1-5H3/t20-/m0/s1. The highest BCUT2D eigenvalue weighted by Gasteiger charge is 2.29. The van der Waals surface area contributed by atoms with E-state index >= 15 is 0 Å². The van der Waals surface area contributed by atoms with Gasteiger partial charge in [-0.15, -0.1) is 0 Å². The first-order chi connectivity index (χ1) is 13.7. The SMILES string of the molecule is CCN(C)c1ccc2c(c1)oc1cc(S(=O)(=O)N[C@H](C(=O)OC)C(C)C)ccc12. The Morgan fingerprint density at radius 2 is 1.76 bits per heavy atom. The lowest BCUT2D eigenvalue weighted by atomic mass is 10.1. The van der Waals surface area contributed by atoms with Crippen LogP contribution in [0.25, 0.3) is 21.9 Å². The Balaban J connectivity index is 2.02. The van der Waals surface area contributed by atoms with Crippen molar-refractivity contribution in [2.24, 2.45) is 5.92 Å². The van der Waals surface area contributed by atoms with Gasteiger partial charge in [0.25, 0.3) is 0 Å². The Hall–Kier alpha value is -2.58. The van der Waals surface area contributed by atoms with Gasteiger partial charge in [0, 0.05) is 42.2 Å². The van der Waals surface area contributed by atoms with Crippen LogP contribution in [-0.4, -0.2) is 41.1 Å². The molecule has 0 aliphatic carbocycles. The first-order valence-electron chi connectivity index (χ1n) is 9.45. The molecule has 3 aromatic rings. The van der Waals surface area contributed by atoms with Gasteiger partial charge in [0.15, 0.2) is 0 Å². The first kappa shape index (κ1) is 21.1. The molecule has 0 radical (unpaired) electrons. The number of fused-ring (bicyclic) bond motifs is 3. The van der Waals surface area contributed by atoms with Crippen molar-refractivity contribution in [2.45, 2.75) is 31.7 Å². The van der Waals surface area contributed by atoms with E-state index in [0.717, 1.165) is 23.0 Å². The molecule has 0 saturated carbocycles. The largest absolute Gasteiger partial charge is 0.468 e. The molecule has 3 rings (SSSR count). The molecular formula is C21H26N2O5S. The molecule has 0 aliphatic rings. The molecule has 0 fully saturated rings. The third kappa shape index (κ3) is 4.09. The molecule has 1 heterocycles. The third-order valence-electron chi connectivity index (χ3n) is 5.06. The van der Waals surface area contributed by atoms with Gasteiger partial charge in [-0.3, -0.25) is 4.79 Å². The number of nitrogens with zero attached hydrogens (tertiary/aromatic N) is 1. The normalized spacial score (nSPS) is 13.2. The summed E-state index contributed by atoms with van der Waals surface area (Å²) < 4.78 is 38.8. The number of methoxy groups -OCH3 is 1. The molecule has 156 valence electrons. The maximum atomic E-state index is 12.8. The zero-order valence-corrected chi connectivity index (χ0v) is 18.0. The van der Waals surface area contributed by atoms with Crippen LogP contribution in [0.5, 0.6) is 0 Å². The maximum Gasteiger partial charge on any atom is 0.324 e. The van der Waals surface area contributed by atoms with Gasteiger partial charge in [-0.05, 0) is 37.1 Å². The van der Waals surface area contributed by atoms with Crippen LogP contribution >= 0.6 is 0 Å². The Kier molecular flexibility index (Phi) is 5.86. The van der Waals surface area contributed by atoms with Crippen molar-refractivity contribution in [3.05, 3.63) is 36.4 Å². The van der Waals surface area contributed by atoms with E-state index in [1.54, 1.807) is 19.9 Å². The molecule has 0 bridgehead atoms. The highest BCUT2D eigenvalue weighted by molar-refractivity contribution is 7.89. The third-order valence-corrected chi connectivity index (χ3v) is 6.50. The summed E-state index contributed by atoms with van der Waals surface area (Å²) in [4.78, 5) is 14.1. The van der Waals surface area contributed by atoms with E-state index in [0.29, 0.717) is 11.2 Å². The minimum absolute atomic E-state index is 0.0320. The minimum Gasteiger partial charge on any atom is -0.468 e. The number of benzene rings is 2. The fraction of sp³-hybridized carbons (Fsp3) is 0.381. The average Bonchev–Trinajstić information content (AvgIpc) is 3.07. The van der Waals surface area contributed by atoms with Gasteiger partial charge in [-0.1, -0.05) is 13.8 Å². The zero-order chi connectivity index (χ0) is 21.3. The van der Waals surface area contributed by atoms with Gasteiger partial charge in [0.05, 0.1) is 12.0 Å². The molecule has 1 atom stereocenters. The second-order valence-electron chi connectivity index (χ2n) is 7.32. The van der Waals surface area contributed by atoms with Crippen molar-refractivity contribution in [1.29, 1.82) is 0 Å².